The van der Waals surface area contributed by atoms with E-state index in [-0.39, 0.29) is 5.75 Å². The van der Waals surface area contributed by atoms with Crippen LogP contribution in [0, 0.1) is 11.3 Å². The quantitative estimate of drug-likeness (QED) is 0.221. The topological polar surface area (TPSA) is 107 Å². The Balaban J connectivity index is 1.32. The van der Waals surface area contributed by atoms with Crippen LogP contribution in [0.1, 0.15) is 31.2 Å². The van der Waals surface area contributed by atoms with Gasteiger partial charge in [0.25, 0.3) is 0 Å². The highest BCUT2D eigenvalue weighted by Crippen LogP contribution is 2.44. The number of likely N-dealkylation sites (tertiary alicyclic amines) is 1. The van der Waals surface area contributed by atoms with Crippen molar-refractivity contribution in [1.29, 1.82) is 5.26 Å². The van der Waals surface area contributed by atoms with Crippen LogP contribution in [-0.2, 0) is 0 Å². The van der Waals surface area contributed by atoms with Crippen LogP contribution >= 0.6 is 0 Å². The molecule has 3 aliphatic heterocycles. The summed E-state index contributed by atoms with van der Waals surface area (Å²) in [5.41, 5.74) is 2.72. The molecule has 46 heavy (non-hydrogen) atoms. The summed E-state index contributed by atoms with van der Waals surface area (Å²) in [6.45, 7) is 3.30. The SMILES string of the molecule is CN1CCC[C@H]1COc1nc(N2C[C@H]3CC[C@@H](C2)N3)c2cc(Oc3ccccc3C#N)c(-c3cc(O)cc4ccccc34)cc2n1. The van der Waals surface area contributed by atoms with Crippen molar-refractivity contribution >= 4 is 27.5 Å². The van der Waals surface area contributed by atoms with E-state index in [0.717, 1.165) is 83.9 Å². The molecule has 0 amide bonds. The van der Waals surface area contributed by atoms with Crippen molar-refractivity contribution in [3.05, 3.63) is 78.4 Å². The molecule has 9 nitrogen and oxygen atoms in total. The Kier molecular flexibility index (Phi) is 7.32. The number of nitrogens with zero attached hydrogens (tertiary/aromatic N) is 5. The zero-order valence-corrected chi connectivity index (χ0v) is 25.8. The molecule has 8 rings (SSSR count). The van der Waals surface area contributed by atoms with Crippen LogP contribution in [0.25, 0.3) is 32.8 Å². The summed E-state index contributed by atoms with van der Waals surface area (Å²) in [5.74, 6) is 1.99. The molecule has 2 N–H and O–H groups in total. The molecule has 0 saturated carbocycles. The number of phenolic OH excluding ortho intramolecular Hbond substituents is 1. The minimum Gasteiger partial charge on any atom is -0.508 e. The lowest BCUT2D eigenvalue weighted by Gasteiger charge is -2.34. The summed E-state index contributed by atoms with van der Waals surface area (Å²) >= 11 is 0. The number of hydrogen-bond donors (Lipinski definition) is 2. The van der Waals surface area contributed by atoms with Crippen LogP contribution in [0.2, 0.25) is 0 Å². The first-order chi connectivity index (χ1) is 22.5. The Hall–Kier alpha value is -4.91. The van der Waals surface area contributed by atoms with Crippen LogP contribution in [0.5, 0.6) is 23.3 Å². The number of likely N-dealkylation sites (N-methyl/N-ethyl adjacent to an activating group) is 1. The predicted octanol–water partition coefficient (Wildman–Crippen LogP) is 6.23. The van der Waals surface area contributed by atoms with E-state index in [0.29, 0.717) is 47.8 Å². The maximum atomic E-state index is 10.8. The molecule has 3 atom stereocenters. The largest absolute Gasteiger partial charge is 0.508 e. The minimum atomic E-state index is 0.154. The zero-order valence-electron chi connectivity index (χ0n) is 25.8. The number of aromatic nitrogens is 2. The Labute approximate surface area is 268 Å². The fourth-order valence-electron chi connectivity index (χ4n) is 7.33. The monoisotopic (exact) mass is 612 g/mol. The van der Waals surface area contributed by atoms with Gasteiger partial charge < -0.3 is 29.7 Å². The van der Waals surface area contributed by atoms with Crippen molar-refractivity contribution in [2.24, 2.45) is 0 Å². The van der Waals surface area contributed by atoms with E-state index in [9.17, 15) is 10.4 Å². The molecule has 3 aliphatic rings. The lowest BCUT2D eigenvalue weighted by atomic mass is 9.96. The molecule has 2 bridgehead atoms. The number of para-hydroxylation sites is 1. The molecule has 0 aliphatic carbocycles. The summed E-state index contributed by atoms with van der Waals surface area (Å²) in [4.78, 5) is 14.7. The number of anilines is 1. The van der Waals surface area contributed by atoms with Crippen molar-refractivity contribution in [2.75, 3.05) is 38.2 Å². The van der Waals surface area contributed by atoms with Crippen molar-refractivity contribution < 1.29 is 14.6 Å². The Morgan fingerprint density at radius 2 is 1.72 bits per heavy atom. The van der Waals surface area contributed by atoms with Gasteiger partial charge in [0, 0.05) is 42.2 Å². The third kappa shape index (κ3) is 5.34. The van der Waals surface area contributed by atoms with Gasteiger partial charge in [0.05, 0.1) is 11.1 Å². The third-order valence-electron chi connectivity index (χ3n) is 9.71. The van der Waals surface area contributed by atoms with E-state index < -0.39 is 0 Å². The smallest absolute Gasteiger partial charge is 0.319 e. The highest BCUT2D eigenvalue weighted by atomic mass is 16.5. The van der Waals surface area contributed by atoms with E-state index in [1.54, 1.807) is 24.3 Å². The van der Waals surface area contributed by atoms with Gasteiger partial charge in [0.1, 0.15) is 35.7 Å². The zero-order chi connectivity index (χ0) is 31.2. The second kappa shape index (κ2) is 11.8. The number of nitriles is 1. The first-order valence-corrected chi connectivity index (χ1v) is 16.1. The fraction of sp³-hybridized carbons (Fsp3) is 0.324. The molecular weight excluding hydrogens is 576 g/mol. The molecule has 0 spiro atoms. The van der Waals surface area contributed by atoms with E-state index in [4.69, 9.17) is 19.4 Å². The van der Waals surface area contributed by atoms with Crippen LogP contribution in [0.15, 0.2) is 72.8 Å². The molecule has 4 heterocycles. The molecule has 232 valence electrons. The van der Waals surface area contributed by atoms with Gasteiger partial charge in [0.15, 0.2) is 0 Å². The second-order valence-corrected chi connectivity index (χ2v) is 12.8. The fourth-order valence-corrected chi connectivity index (χ4v) is 7.33. The average molecular weight is 613 g/mol. The predicted molar refractivity (Wildman–Crippen MR) is 179 cm³/mol. The van der Waals surface area contributed by atoms with E-state index >= 15 is 0 Å². The van der Waals surface area contributed by atoms with E-state index in [1.807, 2.05) is 48.5 Å². The highest BCUT2D eigenvalue weighted by molar-refractivity contribution is 6.03. The van der Waals surface area contributed by atoms with Crippen molar-refractivity contribution in [3.8, 4) is 40.5 Å². The van der Waals surface area contributed by atoms with Gasteiger partial charge in [0.2, 0.25) is 0 Å². The highest BCUT2D eigenvalue weighted by Gasteiger charge is 2.34. The number of piperazine rings is 1. The summed E-state index contributed by atoms with van der Waals surface area (Å²) in [7, 11) is 2.14. The number of aromatic hydroxyl groups is 1. The van der Waals surface area contributed by atoms with Gasteiger partial charge in [-0.05, 0) is 92.0 Å². The van der Waals surface area contributed by atoms with Crippen LogP contribution in [0.3, 0.4) is 0 Å². The van der Waals surface area contributed by atoms with Crippen LogP contribution in [-0.4, -0.2) is 71.4 Å². The first-order valence-electron chi connectivity index (χ1n) is 16.1. The third-order valence-corrected chi connectivity index (χ3v) is 9.71. The summed E-state index contributed by atoms with van der Waals surface area (Å²) in [6, 6.07) is 26.5. The first kappa shape index (κ1) is 28.6. The van der Waals surface area contributed by atoms with Gasteiger partial charge in [-0.1, -0.05) is 36.4 Å². The van der Waals surface area contributed by atoms with Gasteiger partial charge in [-0.2, -0.15) is 15.2 Å². The number of ether oxygens (including phenoxy) is 2. The number of nitrogens with one attached hydrogen (secondary N) is 1. The Bertz CT molecular complexity index is 1980. The molecule has 9 heteroatoms. The molecule has 3 fully saturated rings. The average Bonchev–Trinajstić information content (AvgIpc) is 3.65. The van der Waals surface area contributed by atoms with Gasteiger partial charge >= 0.3 is 6.01 Å². The Morgan fingerprint density at radius 3 is 2.52 bits per heavy atom. The standard InChI is InChI=1S/C37H36N6O3/c1-42-14-6-9-27(42)22-45-37-40-33-17-31(30-16-28(44)15-23-7-2-4-10-29(23)30)35(46-34-11-5-3-8-24(34)19-38)18-32(33)36(41-37)43-20-25-12-13-26(21-43)39-25/h2-5,7-8,10-11,15-18,25-27,39,44H,6,9,12-14,20-22H2,1H3/t25-,26+,27-/m0/s1. The molecule has 1 aromatic heterocycles. The Morgan fingerprint density at radius 1 is 0.913 bits per heavy atom. The molecule has 5 aromatic rings. The number of hydrogen-bond acceptors (Lipinski definition) is 9. The summed E-state index contributed by atoms with van der Waals surface area (Å²) in [6.07, 6.45) is 4.56. The lowest BCUT2D eigenvalue weighted by molar-refractivity contribution is 0.188. The molecule has 3 saturated heterocycles. The van der Waals surface area contributed by atoms with Gasteiger partial charge in [-0.15, -0.1) is 0 Å². The van der Waals surface area contributed by atoms with Crippen molar-refractivity contribution in [3.63, 3.8) is 0 Å². The number of rotatable bonds is 7. The summed E-state index contributed by atoms with van der Waals surface area (Å²) < 4.78 is 13.0. The molecule has 0 unspecified atom stereocenters. The second-order valence-electron chi connectivity index (χ2n) is 12.8. The number of phenols is 1. The number of fused-ring (bicyclic) bond motifs is 4. The maximum Gasteiger partial charge on any atom is 0.319 e. The normalized spacial score (nSPS) is 21.1. The van der Waals surface area contributed by atoms with Crippen molar-refractivity contribution in [2.45, 2.75) is 43.8 Å². The van der Waals surface area contributed by atoms with E-state index in [1.165, 1.54) is 0 Å². The molecule has 4 aromatic carbocycles. The van der Waals surface area contributed by atoms with Crippen molar-refractivity contribution in [1.82, 2.24) is 20.2 Å². The molecular formula is C37H36N6O3. The minimum absolute atomic E-state index is 0.154. The summed E-state index contributed by atoms with van der Waals surface area (Å²) in [5, 5.41) is 27.1. The van der Waals surface area contributed by atoms with Crippen LogP contribution in [0.4, 0.5) is 5.82 Å². The van der Waals surface area contributed by atoms with Gasteiger partial charge in [-0.25, -0.2) is 0 Å². The lowest BCUT2D eigenvalue weighted by Crippen LogP contribution is -2.51. The maximum absolute atomic E-state index is 10.8. The molecule has 0 radical (unpaired) electrons. The number of benzene rings is 4. The van der Waals surface area contributed by atoms with Crippen LogP contribution < -0.4 is 19.7 Å². The van der Waals surface area contributed by atoms with Gasteiger partial charge in [-0.3, -0.25) is 0 Å². The van der Waals surface area contributed by atoms with E-state index in [2.05, 4.69) is 28.2 Å².